The third-order valence-corrected chi connectivity index (χ3v) is 3.29. The molecule has 2 N–H and O–H groups in total. The molecule has 23 heavy (non-hydrogen) atoms. The van der Waals surface area contributed by atoms with Gasteiger partial charge in [-0.25, -0.2) is 4.39 Å². The van der Waals surface area contributed by atoms with Gasteiger partial charge in [0, 0.05) is 16.2 Å². The Bertz CT molecular complexity index is 771. The van der Waals surface area contributed by atoms with Crippen molar-refractivity contribution >= 4 is 38.9 Å². The van der Waals surface area contributed by atoms with Gasteiger partial charge in [-0.3, -0.25) is 14.9 Å². The lowest BCUT2D eigenvalue weighted by atomic mass is 10.2. The summed E-state index contributed by atoms with van der Waals surface area (Å²) in [7, 11) is 0. The number of halogens is 3. The fraction of sp³-hybridized carbons (Fsp3) is 0.0714. The van der Waals surface area contributed by atoms with E-state index in [1.165, 1.54) is 18.2 Å². The van der Waals surface area contributed by atoms with Gasteiger partial charge in [0.15, 0.2) is 0 Å². The monoisotopic (exact) mass is 385 g/mol. The van der Waals surface area contributed by atoms with E-state index in [-0.39, 0.29) is 17.9 Å². The van der Waals surface area contributed by atoms with Gasteiger partial charge < -0.3 is 10.6 Å². The van der Waals surface area contributed by atoms with Crippen LogP contribution in [0.25, 0.3) is 0 Å². The number of rotatable bonds is 5. The maximum Gasteiger partial charge on any atom is 0.306 e. The summed E-state index contributed by atoms with van der Waals surface area (Å²) in [5.74, 6) is -2.13. The van der Waals surface area contributed by atoms with Crippen molar-refractivity contribution in [3.8, 4) is 0 Å². The van der Waals surface area contributed by atoms with Crippen LogP contribution < -0.4 is 10.6 Å². The van der Waals surface area contributed by atoms with Crippen LogP contribution >= 0.6 is 15.9 Å². The molecule has 0 spiro atoms. The lowest BCUT2D eigenvalue weighted by Crippen LogP contribution is -2.22. The molecule has 0 unspecified atom stereocenters. The minimum Gasteiger partial charge on any atom is -0.376 e. The van der Waals surface area contributed by atoms with Crippen molar-refractivity contribution in [2.45, 2.75) is 0 Å². The summed E-state index contributed by atoms with van der Waals surface area (Å²) >= 11 is 3.10. The Hall–Kier alpha value is -2.55. The number of carbonyl (C=O) groups is 1. The molecule has 0 radical (unpaired) electrons. The standard InChI is InChI=1S/C14H10BrF2N3O3/c15-8-1-4-12(11(17)5-8)19-14(21)7-18-9-2-3-10(16)13(6-9)20(22)23/h1-6,18H,7H2,(H,19,21). The average molecular weight is 386 g/mol. The Kier molecular flexibility index (Phi) is 5.22. The minimum absolute atomic E-state index is 0.00471. The molecule has 0 aromatic heterocycles. The molecule has 0 atom stereocenters. The number of hydrogen-bond acceptors (Lipinski definition) is 4. The summed E-state index contributed by atoms with van der Waals surface area (Å²) < 4.78 is 27.3. The van der Waals surface area contributed by atoms with Gasteiger partial charge in [0.25, 0.3) is 0 Å². The van der Waals surface area contributed by atoms with Crippen molar-refractivity contribution in [2.75, 3.05) is 17.2 Å². The van der Waals surface area contributed by atoms with Crippen LogP contribution in [0.4, 0.5) is 25.8 Å². The van der Waals surface area contributed by atoms with Crippen LogP contribution in [0.1, 0.15) is 0 Å². The maximum absolute atomic E-state index is 13.6. The van der Waals surface area contributed by atoms with Crippen molar-refractivity contribution in [2.24, 2.45) is 0 Å². The Morgan fingerprint density at radius 1 is 1.17 bits per heavy atom. The van der Waals surface area contributed by atoms with E-state index >= 15 is 0 Å². The molecule has 6 nitrogen and oxygen atoms in total. The third-order valence-electron chi connectivity index (χ3n) is 2.80. The highest BCUT2D eigenvalue weighted by Gasteiger charge is 2.14. The largest absolute Gasteiger partial charge is 0.376 e. The number of nitrogens with zero attached hydrogens (tertiary/aromatic N) is 1. The second-order valence-electron chi connectivity index (χ2n) is 4.45. The minimum atomic E-state index is -0.970. The second-order valence-corrected chi connectivity index (χ2v) is 5.36. The number of hydrogen-bond donors (Lipinski definition) is 2. The number of nitro groups is 1. The lowest BCUT2D eigenvalue weighted by molar-refractivity contribution is -0.387. The van der Waals surface area contributed by atoms with Crippen molar-refractivity contribution in [1.82, 2.24) is 0 Å². The van der Waals surface area contributed by atoms with Crippen molar-refractivity contribution in [1.29, 1.82) is 0 Å². The zero-order valence-electron chi connectivity index (χ0n) is 11.5. The zero-order valence-corrected chi connectivity index (χ0v) is 13.1. The van der Waals surface area contributed by atoms with E-state index in [0.29, 0.717) is 4.47 Å². The van der Waals surface area contributed by atoms with Crippen LogP contribution in [0.5, 0.6) is 0 Å². The van der Waals surface area contributed by atoms with Crippen LogP contribution in [0.2, 0.25) is 0 Å². The molecule has 0 heterocycles. The fourth-order valence-corrected chi connectivity index (χ4v) is 2.06. The van der Waals surface area contributed by atoms with Crippen LogP contribution in [0.15, 0.2) is 40.9 Å². The number of anilines is 2. The summed E-state index contributed by atoms with van der Waals surface area (Å²) in [6.07, 6.45) is 0. The van der Waals surface area contributed by atoms with Gasteiger partial charge in [-0.1, -0.05) is 15.9 Å². The van der Waals surface area contributed by atoms with E-state index in [9.17, 15) is 23.7 Å². The predicted octanol–water partition coefficient (Wildman–Crippen LogP) is 3.69. The molecule has 0 aliphatic carbocycles. The molecule has 0 aliphatic heterocycles. The van der Waals surface area contributed by atoms with Crippen molar-refractivity contribution < 1.29 is 18.5 Å². The molecule has 0 saturated carbocycles. The Morgan fingerprint density at radius 3 is 2.57 bits per heavy atom. The average Bonchev–Trinajstić information content (AvgIpc) is 2.49. The summed E-state index contributed by atoms with van der Waals surface area (Å²) in [4.78, 5) is 21.5. The first kappa shape index (κ1) is 16.8. The molecule has 0 bridgehead atoms. The second kappa shape index (κ2) is 7.14. The molecule has 1 amide bonds. The molecular formula is C14H10BrF2N3O3. The lowest BCUT2D eigenvalue weighted by Gasteiger charge is -2.09. The quantitative estimate of drug-likeness (QED) is 0.607. The summed E-state index contributed by atoms with van der Waals surface area (Å²) in [5, 5.41) is 15.6. The van der Waals surface area contributed by atoms with Gasteiger partial charge in [0.05, 0.1) is 17.2 Å². The van der Waals surface area contributed by atoms with Gasteiger partial charge in [-0.2, -0.15) is 4.39 Å². The van der Waals surface area contributed by atoms with Crippen LogP contribution in [0.3, 0.4) is 0 Å². The highest BCUT2D eigenvalue weighted by Crippen LogP contribution is 2.22. The first-order chi connectivity index (χ1) is 10.9. The van der Waals surface area contributed by atoms with E-state index in [0.717, 1.165) is 12.1 Å². The molecule has 0 saturated heterocycles. The first-order valence-electron chi connectivity index (χ1n) is 6.29. The van der Waals surface area contributed by atoms with Gasteiger partial charge >= 0.3 is 5.69 Å². The molecule has 2 aromatic rings. The summed E-state index contributed by atoms with van der Waals surface area (Å²) in [6.45, 7) is -0.266. The van der Waals surface area contributed by atoms with Gasteiger partial charge in [0.2, 0.25) is 11.7 Å². The topological polar surface area (TPSA) is 84.3 Å². The van der Waals surface area contributed by atoms with E-state index < -0.39 is 28.2 Å². The normalized spacial score (nSPS) is 10.2. The molecule has 120 valence electrons. The number of carbonyl (C=O) groups excluding carboxylic acids is 1. The van der Waals surface area contributed by atoms with E-state index in [1.807, 2.05) is 0 Å². The van der Waals surface area contributed by atoms with Crippen LogP contribution in [0, 0.1) is 21.7 Å². The molecule has 2 aromatic carbocycles. The van der Waals surface area contributed by atoms with Crippen LogP contribution in [-0.2, 0) is 4.79 Å². The third kappa shape index (κ3) is 4.46. The molecular weight excluding hydrogens is 376 g/mol. The SMILES string of the molecule is O=C(CNc1ccc(F)c([N+](=O)[O-])c1)Nc1ccc(Br)cc1F. The Morgan fingerprint density at radius 2 is 1.91 bits per heavy atom. The number of amides is 1. The number of nitrogens with one attached hydrogen (secondary N) is 2. The van der Waals surface area contributed by atoms with Crippen LogP contribution in [-0.4, -0.2) is 17.4 Å². The van der Waals surface area contributed by atoms with Crippen molar-refractivity contribution in [3.05, 3.63) is 62.6 Å². The van der Waals surface area contributed by atoms with Crippen molar-refractivity contribution in [3.63, 3.8) is 0 Å². The highest BCUT2D eigenvalue weighted by atomic mass is 79.9. The molecule has 0 aliphatic rings. The number of benzene rings is 2. The maximum atomic E-state index is 13.6. The van der Waals surface area contributed by atoms with E-state index in [1.54, 1.807) is 6.07 Å². The predicted molar refractivity (Wildman–Crippen MR) is 84.3 cm³/mol. The Balaban J connectivity index is 1.99. The molecule has 2 rings (SSSR count). The molecule has 9 heteroatoms. The van der Waals surface area contributed by atoms with Gasteiger partial charge in [-0.15, -0.1) is 0 Å². The highest BCUT2D eigenvalue weighted by molar-refractivity contribution is 9.10. The fourth-order valence-electron chi connectivity index (χ4n) is 1.73. The molecule has 0 fully saturated rings. The van der Waals surface area contributed by atoms with E-state index in [4.69, 9.17) is 0 Å². The Labute approximate surface area is 137 Å². The number of nitro benzene ring substituents is 1. The van der Waals surface area contributed by atoms with Gasteiger partial charge in [-0.05, 0) is 30.3 Å². The summed E-state index contributed by atoms with van der Waals surface area (Å²) in [6, 6.07) is 7.31. The summed E-state index contributed by atoms with van der Waals surface area (Å²) in [5.41, 5.74) is -0.496. The van der Waals surface area contributed by atoms with E-state index in [2.05, 4.69) is 26.6 Å². The smallest absolute Gasteiger partial charge is 0.306 e. The first-order valence-corrected chi connectivity index (χ1v) is 7.09. The zero-order chi connectivity index (χ0) is 17.0. The van der Waals surface area contributed by atoms with Gasteiger partial charge in [0.1, 0.15) is 5.82 Å².